The van der Waals surface area contributed by atoms with Crippen LogP contribution >= 0.6 is 0 Å². The highest BCUT2D eigenvalue weighted by Crippen LogP contribution is 1.97. The molecule has 0 saturated heterocycles. The van der Waals surface area contributed by atoms with E-state index in [1.165, 1.54) is 0 Å². The van der Waals surface area contributed by atoms with E-state index in [-0.39, 0.29) is 5.25 Å². The summed E-state index contributed by atoms with van der Waals surface area (Å²) in [5.41, 5.74) is 0. The highest BCUT2D eigenvalue weighted by atomic mass is 32.2. The monoisotopic (exact) mass is 266 g/mol. The first-order valence-electron chi connectivity index (χ1n) is 5.08. The van der Waals surface area contributed by atoms with Crippen molar-refractivity contribution in [3.05, 3.63) is 0 Å². The zero-order chi connectivity index (χ0) is 13.4. The van der Waals surface area contributed by atoms with Crippen LogP contribution in [-0.4, -0.2) is 57.1 Å². The molecular weight excluding hydrogens is 248 g/mol. The predicted molar refractivity (Wildman–Crippen MR) is 63.2 cm³/mol. The van der Waals surface area contributed by atoms with E-state index >= 15 is 0 Å². The van der Waals surface area contributed by atoms with Crippen LogP contribution in [-0.2, 0) is 15.6 Å². The molecule has 0 bridgehead atoms. The summed E-state index contributed by atoms with van der Waals surface area (Å²) in [6.45, 7) is 1.42. The SMILES string of the molecule is CC(CCNC(=O)N[C@H](CO)C(=O)O)S(C)=O. The van der Waals surface area contributed by atoms with Gasteiger partial charge in [-0.2, -0.15) is 0 Å². The Balaban J connectivity index is 3.87. The number of hydrogen-bond donors (Lipinski definition) is 4. The van der Waals surface area contributed by atoms with Gasteiger partial charge in [-0.3, -0.25) is 4.21 Å². The van der Waals surface area contributed by atoms with E-state index in [4.69, 9.17) is 10.2 Å². The van der Waals surface area contributed by atoms with Gasteiger partial charge in [0.05, 0.1) is 6.61 Å². The zero-order valence-corrected chi connectivity index (χ0v) is 10.6. The van der Waals surface area contributed by atoms with Crippen molar-refractivity contribution in [1.82, 2.24) is 10.6 Å². The largest absolute Gasteiger partial charge is 0.480 e. The number of amides is 2. The topological polar surface area (TPSA) is 116 Å². The first kappa shape index (κ1) is 15.9. The van der Waals surface area contributed by atoms with Gasteiger partial charge in [0.2, 0.25) is 0 Å². The smallest absolute Gasteiger partial charge is 0.328 e. The lowest BCUT2D eigenvalue weighted by Gasteiger charge is -2.13. The Kier molecular flexibility index (Phi) is 7.47. The van der Waals surface area contributed by atoms with Gasteiger partial charge in [0.25, 0.3) is 0 Å². The average Bonchev–Trinajstić information content (AvgIpc) is 2.25. The van der Waals surface area contributed by atoms with Crippen molar-refractivity contribution in [3.63, 3.8) is 0 Å². The Morgan fingerprint density at radius 3 is 2.41 bits per heavy atom. The molecular formula is C9H18N2O5S. The lowest BCUT2D eigenvalue weighted by molar-refractivity contribution is -0.140. The van der Waals surface area contributed by atoms with Crippen LogP contribution in [0.25, 0.3) is 0 Å². The molecule has 100 valence electrons. The number of urea groups is 1. The number of rotatable bonds is 7. The molecule has 0 saturated carbocycles. The molecule has 4 N–H and O–H groups in total. The number of carbonyl (C=O) groups excluding carboxylic acids is 1. The zero-order valence-electron chi connectivity index (χ0n) is 9.80. The molecule has 8 heteroatoms. The molecule has 2 amide bonds. The van der Waals surface area contributed by atoms with Gasteiger partial charge >= 0.3 is 12.0 Å². The van der Waals surface area contributed by atoms with Gasteiger partial charge in [-0.15, -0.1) is 0 Å². The van der Waals surface area contributed by atoms with E-state index in [1.54, 1.807) is 13.2 Å². The second-order valence-electron chi connectivity index (χ2n) is 3.57. The molecule has 0 aromatic heterocycles. The van der Waals surface area contributed by atoms with Crippen molar-refractivity contribution >= 4 is 22.8 Å². The number of nitrogens with one attached hydrogen (secondary N) is 2. The minimum Gasteiger partial charge on any atom is -0.480 e. The fourth-order valence-corrected chi connectivity index (χ4v) is 1.40. The number of carbonyl (C=O) groups is 2. The molecule has 0 fully saturated rings. The Bertz CT molecular complexity index is 297. The van der Waals surface area contributed by atoms with Crippen molar-refractivity contribution in [2.75, 3.05) is 19.4 Å². The molecule has 0 radical (unpaired) electrons. The van der Waals surface area contributed by atoms with Gasteiger partial charge in [-0.1, -0.05) is 6.92 Å². The molecule has 0 heterocycles. The van der Waals surface area contributed by atoms with E-state index in [9.17, 15) is 13.8 Å². The summed E-state index contributed by atoms with van der Waals surface area (Å²) in [4.78, 5) is 21.7. The van der Waals surface area contributed by atoms with E-state index in [1.807, 2.05) is 0 Å². The van der Waals surface area contributed by atoms with Gasteiger partial charge in [0, 0.05) is 28.9 Å². The lowest BCUT2D eigenvalue weighted by atomic mass is 10.3. The number of hydrogen-bond acceptors (Lipinski definition) is 4. The Morgan fingerprint density at radius 2 is 2.00 bits per heavy atom. The van der Waals surface area contributed by atoms with Crippen LogP contribution < -0.4 is 10.6 Å². The minimum absolute atomic E-state index is 0.0385. The van der Waals surface area contributed by atoms with Crippen LogP contribution in [0.5, 0.6) is 0 Å². The van der Waals surface area contributed by atoms with E-state index < -0.39 is 35.4 Å². The van der Waals surface area contributed by atoms with E-state index in [2.05, 4.69) is 10.6 Å². The minimum atomic E-state index is -1.31. The third kappa shape index (κ3) is 6.90. The summed E-state index contributed by atoms with van der Waals surface area (Å²) in [5, 5.41) is 21.7. The third-order valence-electron chi connectivity index (χ3n) is 2.19. The van der Waals surface area contributed by atoms with Crippen LogP contribution in [0.15, 0.2) is 0 Å². The van der Waals surface area contributed by atoms with Crippen molar-refractivity contribution in [2.24, 2.45) is 0 Å². The normalized spacial score (nSPS) is 15.7. The third-order valence-corrected chi connectivity index (χ3v) is 3.56. The second kappa shape index (κ2) is 8.02. The average molecular weight is 266 g/mol. The first-order chi connectivity index (χ1) is 7.88. The van der Waals surface area contributed by atoms with Crippen LogP contribution in [0.1, 0.15) is 13.3 Å². The molecule has 2 unspecified atom stereocenters. The Labute approximate surface area is 102 Å². The molecule has 0 spiro atoms. The molecule has 0 aromatic rings. The lowest BCUT2D eigenvalue weighted by Crippen LogP contribution is -2.48. The fourth-order valence-electron chi connectivity index (χ4n) is 0.950. The van der Waals surface area contributed by atoms with Crippen LogP contribution in [0.2, 0.25) is 0 Å². The van der Waals surface area contributed by atoms with Crippen LogP contribution in [0, 0.1) is 0 Å². The summed E-state index contributed by atoms with van der Waals surface area (Å²) < 4.78 is 11.0. The highest BCUT2D eigenvalue weighted by molar-refractivity contribution is 7.84. The molecule has 3 atom stereocenters. The highest BCUT2D eigenvalue weighted by Gasteiger charge is 2.18. The summed E-state index contributed by atoms with van der Waals surface area (Å²) in [6, 6.07) is -1.98. The summed E-state index contributed by atoms with van der Waals surface area (Å²) in [7, 11) is -0.951. The fraction of sp³-hybridized carbons (Fsp3) is 0.778. The standard InChI is InChI=1S/C9H18N2O5S/c1-6(17(2)16)3-4-10-9(15)11-7(5-12)8(13)14/h6-7,12H,3-5H2,1-2H3,(H,13,14)(H2,10,11,15)/t6?,7-,17?/m1/s1. The van der Waals surface area contributed by atoms with Crippen molar-refractivity contribution in [2.45, 2.75) is 24.6 Å². The number of aliphatic hydroxyl groups is 1. The Hall–Kier alpha value is -1.15. The van der Waals surface area contributed by atoms with Gasteiger partial charge in [-0.25, -0.2) is 9.59 Å². The second-order valence-corrected chi connectivity index (χ2v) is 5.37. The molecule has 0 aliphatic rings. The maximum Gasteiger partial charge on any atom is 0.328 e. The quantitative estimate of drug-likeness (QED) is 0.466. The first-order valence-corrected chi connectivity index (χ1v) is 6.70. The maximum absolute atomic E-state index is 11.2. The van der Waals surface area contributed by atoms with Crippen molar-refractivity contribution < 1.29 is 24.0 Å². The van der Waals surface area contributed by atoms with Gasteiger partial charge in [-0.05, 0) is 6.42 Å². The number of aliphatic carboxylic acids is 1. The van der Waals surface area contributed by atoms with Crippen LogP contribution in [0.4, 0.5) is 4.79 Å². The molecule has 0 rings (SSSR count). The number of aliphatic hydroxyl groups excluding tert-OH is 1. The number of carboxylic acid groups (broad SMARTS) is 1. The molecule has 0 aliphatic heterocycles. The number of carboxylic acids is 1. The van der Waals surface area contributed by atoms with E-state index in [0.717, 1.165) is 0 Å². The van der Waals surface area contributed by atoms with Crippen LogP contribution in [0.3, 0.4) is 0 Å². The van der Waals surface area contributed by atoms with Gasteiger partial charge in [0.1, 0.15) is 0 Å². The molecule has 17 heavy (non-hydrogen) atoms. The molecule has 0 aliphatic carbocycles. The summed E-state index contributed by atoms with van der Waals surface area (Å²) >= 11 is 0. The van der Waals surface area contributed by atoms with Gasteiger partial charge in [0.15, 0.2) is 6.04 Å². The summed E-state index contributed by atoms with van der Waals surface area (Å²) in [5.74, 6) is -1.30. The van der Waals surface area contributed by atoms with E-state index in [0.29, 0.717) is 13.0 Å². The molecule has 0 aromatic carbocycles. The summed E-state index contributed by atoms with van der Waals surface area (Å²) in [6.07, 6.45) is 2.12. The maximum atomic E-state index is 11.2. The molecule has 7 nitrogen and oxygen atoms in total. The van der Waals surface area contributed by atoms with Crippen molar-refractivity contribution in [1.29, 1.82) is 0 Å². The van der Waals surface area contributed by atoms with Gasteiger partial charge < -0.3 is 20.8 Å². The Morgan fingerprint density at radius 1 is 1.41 bits per heavy atom. The van der Waals surface area contributed by atoms with Crippen molar-refractivity contribution in [3.8, 4) is 0 Å². The predicted octanol–water partition coefficient (Wildman–Crippen LogP) is -1.11.